The Balaban J connectivity index is 1.55. The van der Waals surface area contributed by atoms with Gasteiger partial charge in [0, 0.05) is 26.2 Å². The summed E-state index contributed by atoms with van der Waals surface area (Å²) in [6, 6.07) is 6.41. The van der Waals surface area contributed by atoms with Gasteiger partial charge in [-0.25, -0.2) is 13.2 Å². The van der Waals surface area contributed by atoms with Gasteiger partial charge in [-0.1, -0.05) is 23.7 Å². The van der Waals surface area contributed by atoms with Crippen LogP contribution in [-0.4, -0.2) is 79.2 Å². The molecule has 1 aromatic carbocycles. The number of para-hydroxylation sites is 1. The van der Waals surface area contributed by atoms with E-state index in [0.29, 0.717) is 36.9 Å². The number of sulfone groups is 1. The van der Waals surface area contributed by atoms with Gasteiger partial charge in [-0.15, -0.1) is 0 Å². The Bertz CT molecular complexity index is 719. The van der Waals surface area contributed by atoms with Crippen molar-refractivity contribution in [2.75, 3.05) is 43.0 Å². The van der Waals surface area contributed by atoms with Crippen LogP contribution in [0, 0.1) is 0 Å². The summed E-state index contributed by atoms with van der Waals surface area (Å²) in [7, 11) is -3.17. The number of carbonyl (C=O) groups is 1. The van der Waals surface area contributed by atoms with Gasteiger partial charge in [-0.3, -0.25) is 4.90 Å². The zero-order valence-corrected chi connectivity index (χ0v) is 14.6. The number of carbonyl (C=O) groups excluding carboxylic acids is 1. The van der Waals surface area contributed by atoms with Gasteiger partial charge in [-0.05, 0) is 12.1 Å². The molecule has 0 aliphatic carbocycles. The summed E-state index contributed by atoms with van der Waals surface area (Å²) in [6.07, 6.45) is -0.849. The molecule has 2 atom stereocenters. The SMILES string of the molecule is O=C(Nc1ccccc1Cl)N1CCN([C@H]2CS(=O)(=O)C[C@@H]2O)CC1. The van der Waals surface area contributed by atoms with Crippen LogP contribution in [-0.2, 0) is 9.84 Å². The number of aliphatic hydroxyl groups excluding tert-OH is 1. The van der Waals surface area contributed by atoms with Gasteiger partial charge in [0.15, 0.2) is 9.84 Å². The van der Waals surface area contributed by atoms with E-state index in [1.807, 2.05) is 4.90 Å². The largest absolute Gasteiger partial charge is 0.390 e. The molecule has 0 aromatic heterocycles. The minimum absolute atomic E-state index is 0.0139. The summed E-state index contributed by atoms with van der Waals surface area (Å²) < 4.78 is 23.3. The first kappa shape index (κ1) is 17.5. The Morgan fingerprint density at radius 1 is 1.17 bits per heavy atom. The van der Waals surface area contributed by atoms with Crippen molar-refractivity contribution in [2.45, 2.75) is 12.1 Å². The van der Waals surface area contributed by atoms with Crippen LogP contribution < -0.4 is 5.32 Å². The molecule has 0 bridgehead atoms. The number of piperazine rings is 1. The zero-order chi connectivity index (χ0) is 17.3. The number of anilines is 1. The second-order valence-electron chi connectivity index (χ2n) is 6.14. The van der Waals surface area contributed by atoms with Crippen LogP contribution in [0.1, 0.15) is 0 Å². The van der Waals surface area contributed by atoms with Crippen LogP contribution in [0.4, 0.5) is 10.5 Å². The molecule has 2 N–H and O–H groups in total. The number of urea groups is 1. The quantitative estimate of drug-likeness (QED) is 0.794. The maximum atomic E-state index is 12.3. The van der Waals surface area contributed by atoms with Crippen molar-refractivity contribution in [1.82, 2.24) is 9.80 Å². The molecular weight excluding hydrogens is 354 g/mol. The van der Waals surface area contributed by atoms with Crippen molar-refractivity contribution in [2.24, 2.45) is 0 Å². The summed E-state index contributed by atoms with van der Waals surface area (Å²) >= 11 is 6.03. The number of hydrogen-bond acceptors (Lipinski definition) is 5. The molecule has 2 fully saturated rings. The highest BCUT2D eigenvalue weighted by Crippen LogP contribution is 2.22. The van der Waals surface area contributed by atoms with Crippen molar-refractivity contribution < 1.29 is 18.3 Å². The Kier molecular flexibility index (Phi) is 5.00. The molecule has 24 heavy (non-hydrogen) atoms. The number of halogens is 1. The predicted molar refractivity (Wildman–Crippen MR) is 92.1 cm³/mol. The second kappa shape index (κ2) is 6.87. The Labute approximate surface area is 146 Å². The standard InChI is InChI=1S/C15H20ClN3O4S/c16-11-3-1-2-4-12(11)17-15(21)19-7-5-18(6-8-19)13-9-24(22,23)10-14(13)20/h1-4,13-14,20H,5-10H2,(H,17,21)/t13-,14-/m0/s1. The van der Waals surface area contributed by atoms with Crippen molar-refractivity contribution in [3.63, 3.8) is 0 Å². The summed E-state index contributed by atoms with van der Waals surface area (Å²) in [5, 5.41) is 13.2. The smallest absolute Gasteiger partial charge is 0.321 e. The molecular formula is C15H20ClN3O4S. The molecule has 9 heteroatoms. The van der Waals surface area contributed by atoms with E-state index in [2.05, 4.69) is 5.32 Å². The maximum Gasteiger partial charge on any atom is 0.321 e. The van der Waals surface area contributed by atoms with Gasteiger partial charge >= 0.3 is 6.03 Å². The topological polar surface area (TPSA) is 90.0 Å². The maximum absolute atomic E-state index is 12.3. The van der Waals surface area contributed by atoms with Gasteiger partial charge in [0.25, 0.3) is 0 Å². The van der Waals surface area contributed by atoms with Gasteiger partial charge in [0.1, 0.15) is 0 Å². The molecule has 1 aromatic rings. The highest BCUT2D eigenvalue weighted by Gasteiger charge is 2.41. The monoisotopic (exact) mass is 373 g/mol. The fourth-order valence-electron chi connectivity index (χ4n) is 3.17. The molecule has 2 heterocycles. The molecule has 2 saturated heterocycles. The number of nitrogens with zero attached hydrogens (tertiary/aromatic N) is 2. The lowest BCUT2D eigenvalue weighted by atomic mass is 10.1. The number of amides is 2. The van der Waals surface area contributed by atoms with Crippen LogP contribution in [0.15, 0.2) is 24.3 Å². The van der Waals surface area contributed by atoms with E-state index < -0.39 is 15.9 Å². The molecule has 0 radical (unpaired) electrons. The molecule has 2 aliphatic heterocycles. The lowest BCUT2D eigenvalue weighted by Crippen LogP contribution is -2.55. The summed E-state index contributed by atoms with van der Waals surface area (Å²) in [5.74, 6) is -0.190. The molecule has 3 rings (SSSR count). The number of benzene rings is 1. The van der Waals surface area contributed by atoms with Crippen LogP contribution in [0.3, 0.4) is 0 Å². The average molecular weight is 374 g/mol. The molecule has 132 valence electrons. The third kappa shape index (κ3) is 3.83. The summed E-state index contributed by atoms with van der Waals surface area (Å²) in [5.41, 5.74) is 0.559. The summed E-state index contributed by atoms with van der Waals surface area (Å²) in [6.45, 7) is 2.01. The van der Waals surface area contributed by atoms with Gasteiger partial charge < -0.3 is 15.3 Å². The average Bonchev–Trinajstić information content (AvgIpc) is 2.82. The molecule has 0 saturated carbocycles. The highest BCUT2D eigenvalue weighted by atomic mass is 35.5. The first-order valence-corrected chi connectivity index (χ1v) is 9.99. The third-order valence-electron chi connectivity index (χ3n) is 4.48. The first-order chi connectivity index (χ1) is 11.4. The fourth-order valence-corrected chi connectivity index (χ4v) is 5.19. The van der Waals surface area contributed by atoms with E-state index in [1.54, 1.807) is 29.2 Å². The van der Waals surface area contributed by atoms with Crippen molar-refractivity contribution in [3.8, 4) is 0 Å². The summed E-state index contributed by atoms with van der Waals surface area (Å²) in [4.78, 5) is 15.9. The minimum atomic E-state index is -3.17. The number of nitrogens with one attached hydrogen (secondary N) is 1. The van der Waals surface area contributed by atoms with Gasteiger partial charge in [0.2, 0.25) is 0 Å². The van der Waals surface area contributed by atoms with Crippen molar-refractivity contribution >= 4 is 33.2 Å². The number of rotatable bonds is 2. The lowest BCUT2D eigenvalue weighted by molar-refractivity contribution is 0.0545. The lowest BCUT2D eigenvalue weighted by Gasteiger charge is -2.38. The first-order valence-electron chi connectivity index (χ1n) is 7.79. The van der Waals surface area contributed by atoms with E-state index >= 15 is 0 Å². The van der Waals surface area contributed by atoms with Crippen LogP contribution in [0.2, 0.25) is 5.02 Å². The third-order valence-corrected chi connectivity index (χ3v) is 6.51. The molecule has 7 nitrogen and oxygen atoms in total. The Hall–Kier alpha value is -1.35. The van der Waals surface area contributed by atoms with E-state index in [-0.39, 0.29) is 23.6 Å². The van der Waals surface area contributed by atoms with Crippen LogP contribution >= 0.6 is 11.6 Å². The van der Waals surface area contributed by atoms with Gasteiger partial charge in [0.05, 0.1) is 34.4 Å². The fraction of sp³-hybridized carbons (Fsp3) is 0.533. The van der Waals surface area contributed by atoms with Crippen molar-refractivity contribution in [3.05, 3.63) is 29.3 Å². The Morgan fingerprint density at radius 2 is 1.83 bits per heavy atom. The predicted octanol–water partition coefficient (Wildman–Crippen LogP) is 0.647. The van der Waals surface area contributed by atoms with E-state index in [1.165, 1.54) is 0 Å². The van der Waals surface area contributed by atoms with Crippen LogP contribution in [0.25, 0.3) is 0 Å². The second-order valence-corrected chi connectivity index (χ2v) is 8.71. The molecule has 2 aliphatic rings. The molecule has 0 spiro atoms. The minimum Gasteiger partial charge on any atom is -0.390 e. The Morgan fingerprint density at radius 3 is 2.42 bits per heavy atom. The van der Waals surface area contributed by atoms with E-state index in [9.17, 15) is 18.3 Å². The van der Waals surface area contributed by atoms with E-state index in [4.69, 9.17) is 11.6 Å². The molecule has 2 amide bonds. The number of aliphatic hydroxyl groups is 1. The van der Waals surface area contributed by atoms with Crippen molar-refractivity contribution in [1.29, 1.82) is 0 Å². The van der Waals surface area contributed by atoms with E-state index in [0.717, 1.165) is 0 Å². The van der Waals surface area contributed by atoms with Crippen LogP contribution in [0.5, 0.6) is 0 Å². The highest BCUT2D eigenvalue weighted by molar-refractivity contribution is 7.91. The zero-order valence-electron chi connectivity index (χ0n) is 13.1. The number of hydrogen-bond donors (Lipinski definition) is 2. The molecule has 0 unspecified atom stereocenters. The normalized spacial score (nSPS) is 27.2. The van der Waals surface area contributed by atoms with Gasteiger partial charge in [-0.2, -0.15) is 0 Å².